The summed E-state index contributed by atoms with van der Waals surface area (Å²) in [4.78, 5) is 8.55. The topological polar surface area (TPSA) is 28.7 Å². The molecule has 0 saturated carbocycles. The molecule has 0 bridgehead atoms. The highest BCUT2D eigenvalue weighted by Crippen LogP contribution is 2.37. The minimum absolute atomic E-state index is 0.138. The summed E-state index contributed by atoms with van der Waals surface area (Å²) < 4.78 is 0. The lowest BCUT2D eigenvalue weighted by molar-refractivity contribution is 0.590. The van der Waals surface area contributed by atoms with Gasteiger partial charge in [0, 0.05) is 21.9 Å². The Bertz CT molecular complexity index is 1350. The molecule has 0 aliphatic heterocycles. The summed E-state index contributed by atoms with van der Waals surface area (Å²) in [6, 6.07) is 28.2. The number of rotatable bonds is 2. The molecule has 2 aromatic heterocycles. The van der Waals surface area contributed by atoms with Gasteiger partial charge in [0.05, 0.1) is 5.69 Å². The summed E-state index contributed by atoms with van der Waals surface area (Å²) in [6.07, 6.45) is 0. The van der Waals surface area contributed by atoms with E-state index in [2.05, 4.69) is 105 Å². The van der Waals surface area contributed by atoms with Gasteiger partial charge in [-0.3, -0.25) is 0 Å². The molecule has 3 aromatic carbocycles. The molecule has 0 spiro atoms. The van der Waals surface area contributed by atoms with Crippen molar-refractivity contribution in [1.82, 2.24) is 9.97 Å². The standard InChI is InChI=1S/C28H26N2/c1-18-10-15-24-23(16-18)26-22(19-11-13-21(14-12-19)28(2,3)4)17-25(30-27(26)29-24)20-8-6-5-7-9-20/h5-17H,1-4H3,(H,29,30). The average Bonchev–Trinajstić information content (AvgIpc) is 3.11. The Balaban J connectivity index is 1.81. The van der Waals surface area contributed by atoms with Crippen LogP contribution in [0.1, 0.15) is 31.9 Å². The van der Waals surface area contributed by atoms with Crippen LogP contribution in [0.4, 0.5) is 0 Å². The van der Waals surface area contributed by atoms with Crippen LogP contribution in [0.2, 0.25) is 0 Å². The third-order valence-electron chi connectivity index (χ3n) is 5.85. The van der Waals surface area contributed by atoms with Crippen molar-refractivity contribution in [3.63, 3.8) is 0 Å². The molecule has 0 atom stereocenters. The number of hydrogen-bond acceptors (Lipinski definition) is 1. The quantitative estimate of drug-likeness (QED) is 0.329. The molecule has 5 aromatic rings. The normalized spacial score (nSPS) is 12.0. The third kappa shape index (κ3) is 3.19. The van der Waals surface area contributed by atoms with Crippen LogP contribution in [0.15, 0.2) is 78.9 Å². The van der Waals surface area contributed by atoms with Gasteiger partial charge in [0.1, 0.15) is 5.65 Å². The van der Waals surface area contributed by atoms with E-state index in [4.69, 9.17) is 4.98 Å². The number of nitrogens with one attached hydrogen (secondary N) is 1. The molecule has 0 unspecified atom stereocenters. The SMILES string of the molecule is Cc1ccc2[nH]c3nc(-c4ccccc4)cc(-c4ccc(C(C)(C)C)cc4)c3c2c1. The number of H-pyrrole nitrogens is 1. The Morgan fingerprint density at radius 1 is 0.767 bits per heavy atom. The van der Waals surface area contributed by atoms with Gasteiger partial charge in [0.25, 0.3) is 0 Å². The maximum Gasteiger partial charge on any atom is 0.139 e. The van der Waals surface area contributed by atoms with Gasteiger partial charge in [-0.2, -0.15) is 0 Å². The third-order valence-corrected chi connectivity index (χ3v) is 5.85. The first kappa shape index (κ1) is 18.6. The van der Waals surface area contributed by atoms with Gasteiger partial charge >= 0.3 is 0 Å². The average molecular weight is 391 g/mol. The number of aromatic amines is 1. The predicted molar refractivity (Wildman–Crippen MR) is 128 cm³/mol. The van der Waals surface area contributed by atoms with Crippen LogP contribution in [-0.4, -0.2) is 9.97 Å². The summed E-state index contributed by atoms with van der Waals surface area (Å²) in [5.74, 6) is 0. The van der Waals surface area contributed by atoms with Gasteiger partial charge in [-0.25, -0.2) is 4.98 Å². The van der Waals surface area contributed by atoms with Crippen LogP contribution in [-0.2, 0) is 5.41 Å². The maximum atomic E-state index is 5.00. The molecule has 0 saturated heterocycles. The molecular formula is C28H26N2. The van der Waals surface area contributed by atoms with E-state index in [1.165, 1.54) is 33.0 Å². The summed E-state index contributed by atoms with van der Waals surface area (Å²) in [7, 11) is 0. The van der Waals surface area contributed by atoms with Gasteiger partial charge in [-0.15, -0.1) is 0 Å². The molecular weight excluding hydrogens is 364 g/mol. The summed E-state index contributed by atoms with van der Waals surface area (Å²) in [5, 5.41) is 2.42. The molecule has 2 heteroatoms. The molecule has 148 valence electrons. The molecule has 0 aliphatic carbocycles. The highest BCUT2D eigenvalue weighted by atomic mass is 14.9. The highest BCUT2D eigenvalue weighted by molar-refractivity contribution is 6.13. The fourth-order valence-corrected chi connectivity index (χ4v) is 4.14. The van der Waals surface area contributed by atoms with Gasteiger partial charge in [0.2, 0.25) is 0 Å². The Hall–Kier alpha value is -3.39. The van der Waals surface area contributed by atoms with Gasteiger partial charge in [0.15, 0.2) is 0 Å². The fraction of sp³-hybridized carbons (Fsp3) is 0.179. The fourth-order valence-electron chi connectivity index (χ4n) is 4.14. The minimum atomic E-state index is 0.138. The summed E-state index contributed by atoms with van der Waals surface area (Å²) in [6.45, 7) is 8.90. The molecule has 1 N–H and O–H groups in total. The maximum absolute atomic E-state index is 5.00. The Kier molecular flexibility index (Phi) is 4.25. The number of benzene rings is 3. The zero-order chi connectivity index (χ0) is 20.9. The lowest BCUT2D eigenvalue weighted by atomic mass is 9.86. The van der Waals surface area contributed by atoms with Crippen LogP contribution in [0.5, 0.6) is 0 Å². The zero-order valence-electron chi connectivity index (χ0n) is 18.0. The van der Waals surface area contributed by atoms with E-state index in [1.807, 2.05) is 6.07 Å². The number of aryl methyl sites for hydroxylation is 1. The molecule has 2 heterocycles. The smallest absolute Gasteiger partial charge is 0.139 e. The van der Waals surface area contributed by atoms with E-state index < -0.39 is 0 Å². The van der Waals surface area contributed by atoms with Crippen LogP contribution >= 0.6 is 0 Å². The van der Waals surface area contributed by atoms with Crippen LogP contribution in [0, 0.1) is 6.92 Å². The first-order valence-corrected chi connectivity index (χ1v) is 10.5. The summed E-state index contributed by atoms with van der Waals surface area (Å²) in [5.41, 5.74) is 9.35. The second kappa shape index (κ2) is 6.84. The van der Waals surface area contributed by atoms with Crippen molar-refractivity contribution in [2.24, 2.45) is 0 Å². The van der Waals surface area contributed by atoms with Crippen LogP contribution in [0.25, 0.3) is 44.3 Å². The van der Waals surface area contributed by atoms with Crippen molar-refractivity contribution < 1.29 is 0 Å². The predicted octanol–water partition coefficient (Wildman–Crippen LogP) is 7.66. The first-order chi connectivity index (χ1) is 14.4. The Morgan fingerprint density at radius 2 is 1.50 bits per heavy atom. The molecule has 5 rings (SSSR count). The molecule has 0 fully saturated rings. The number of hydrogen-bond donors (Lipinski definition) is 1. The number of nitrogens with zero attached hydrogens (tertiary/aromatic N) is 1. The van der Waals surface area contributed by atoms with E-state index in [0.717, 1.165) is 22.4 Å². The highest BCUT2D eigenvalue weighted by Gasteiger charge is 2.17. The van der Waals surface area contributed by atoms with Crippen molar-refractivity contribution in [3.05, 3.63) is 90.0 Å². The van der Waals surface area contributed by atoms with E-state index in [-0.39, 0.29) is 5.41 Å². The lowest BCUT2D eigenvalue weighted by Gasteiger charge is -2.19. The molecule has 30 heavy (non-hydrogen) atoms. The van der Waals surface area contributed by atoms with E-state index in [1.54, 1.807) is 0 Å². The van der Waals surface area contributed by atoms with Crippen molar-refractivity contribution in [1.29, 1.82) is 0 Å². The molecule has 2 nitrogen and oxygen atoms in total. The van der Waals surface area contributed by atoms with Crippen molar-refractivity contribution in [3.8, 4) is 22.4 Å². The second-order valence-electron chi connectivity index (χ2n) is 9.15. The van der Waals surface area contributed by atoms with E-state index in [9.17, 15) is 0 Å². The van der Waals surface area contributed by atoms with Crippen LogP contribution in [0.3, 0.4) is 0 Å². The second-order valence-corrected chi connectivity index (χ2v) is 9.15. The van der Waals surface area contributed by atoms with Crippen molar-refractivity contribution >= 4 is 21.9 Å². The minimum Gasteiger partial charge on any atom is -0.339 e. The van der Waals surface area contributed by atoms with Gasteiger partial charge < -0.3 is 4.98 Å². The number of aromatic nitrogens is 2. The van der Waals surface area contributed by atoms with E-state index >= 15 is 0 Å². The Labute approximate surface area is 177 Å². The molecule has 0 radical (unpaired) electrons. The zero-order valence-corrected chi connectivity index (χ0v) is 18.0. The largest absolute Gasteiger partial charge is 0.339 e. The molecule has 0 aliphatic rings. The Morgan fingerprint density at radius 3 is 2.20 bits per heavy atom. The number of fused-ring (bicyclic) bond motifs is 3. The van der Waals surface area contributed by atoms with Crippen LogP contribution < -0.4 is 0 Å². The number of pyridine rings is 1. The lowest BCUT2D eigenvalue weighted by Crippen LogP contribution is -2.10. The van der Waals surface area contributed by atoms with Gasteiger partial charge in [-0.1, -0.05) is 87.0 Å². The monoisotopic (exact) mass is 390 g/mol. The summed E-state index contributed by atoms with van der Waals surface area (Å²) >= 11 is 0. The molecule has 0 amide bonds. The first-order valence-electron chi connectivity index (χ1n) is 10.5. The van der Waals surface area contributed by atoms with E-state index in [0.29, 0.717) is 0 Å². The van der Waals surface area contributed by atoms with Crippen molar-refractivity contribution in [2.45, 2.75) is 33.1 Å². The van der Waals surface area contributed by atoms with Crippen molar-refractivity contribution in [2.75, 3.05) is 0 Å². The van der Waals surface area contributed by atoms with Gasteiger partial charge in [-0.05, 0) is 47.2 Å².